The third-order valence-corrected chi connectivity index (χ3v) is 2.69. The minimum atomic E-state index is -2.76. The van der Waals surface area contributed by atoms with Crippen LogP contribution in [0.4, 0.5) is 8.78 Å². The molecule has 0 radical (unpaired) electrons. The first kappa shape index (κ1) is 14.4. The summed E-state index contributed by atoms with van der Waals surface area (Å²) in [6.45, 7) is 0. The van der Waals surface area contributed by atoms with Crippen molar-refractivity contribution >= 4 is 17.6 Å². The van der Waals surface area contributed by atoms with Gasteiger partial charge in [0.05, 0.1) is 25.2 Å². The number of alkyl halides is 3. The van der Waals surface area contributed by atoms with E-state index in [0.29, 0.717) is 0 Å². The Morgan fingerprint density at radius 2 is 2.11 bits per heavy atom. The molecule has 0 unspecified atom stereocenters. The van der Waals surface area contributed by atoms with Crippen molar-refractivity contribution in [3.05, 3.63) is 34.4 Å². The minimum Gasteiger partial charge on any atom is -0.469 e. The van der Waals surface area contributed by atoms with Gasteiger partial charge in [-0.2, -0.15) is 5.26 Å². The molecule has 0 amide bonds. The Morgan fingerprint density at radius 1 is 1.50 bits per heavy atom. The Balaban J connectivity index is 3.35. The molecule has 0 saturated carbocycles. The average molecular weight is 274 g/mol. The highest BCUT2D eigenvalue weighted by Crippen LogP contribution is 2.29. The summed E-state index contributed by atoms with van der Waals surface area (Å²) >= 11 is 5.59. The third kappa shape index (κ3) is 3.17. The zero-order valence-electron chi connectivity index (χ0n) is 9.54. The number of ether oxygens (including phenoxy) is 1. The first-order valence-electron chi connectivity index (χ1n) is 5.00. The van der Waals surface area contributed by atoms with Crippen molar-refractivity contribution in [3.63, 3.8) is 0 Å². The van der Waals surface area contributed by atoms with Crippen LogP contribution >= 0.6 is 11.6 Å². The molecular weight excluding hydrogens is 264 g/mol. The van der Waals surface area contributed by atoms with Crippen LogP contribution in [0.5, 0.6) is 0 Å². The van der Waals surface area contributed by atoms with E-state index in [0.717, 1.165) is 0 Å². The highest BCUT2D eigenvalue weighted by atomic mass is 35.5. The zero-order chi connectivity index (χ0) is 13.7. The van der Waals surface area contributed by atoms with Crippen LogP contribution in [0.1, 0.15) is 28.7 Å². The van der Waals surface area contributed by atoms with Gasteiger partial charge >= 0.3 is 5.97 Å². The van der Waals surface area contributed by atoms with Gasteiger partial charge in [0.25, 0.3) is 6.43 Å². The molecule has 0 N–H and O–H groups in total. The molecule has 96 valence electrons. The molecule has 0 heterocycles. The summed E-state index contributed by atoms with van der Waals surface area (Å²) in [5.74, 6) is -0.795. The second-order valence-corrected chi connectivity index (χ2v) is 3.77. The van der Waals surface area contributed by atoms with Gasteiger partial charge in [-0.1, -0.05) is 0 Å². The first-order valence-corrected chi connectivity index (χ1v) is 5.53. The van der Waals surface area contributed by atoms with E-state index in [1.165, 1.54) is 19.2 Å². The Morgan fingerprint density at radius 3 is 2.56 bits per heavy atom. The molecule has 0 spiro atoms. The summed E-state index contributed by atoms with van der Waals surface area (Å²) in [7, 11) is 1.17. The molecule has 6 heteroatoms. The van der Waals surface area contributed by atoms with E-state index in [9.17, 15) is 13.6 Å². The number of halogens is 3. The molecule has 1 rings (SSSR count). The molecule has 0 aliphatic carbocycles. The predicted molar refractivity (Wildman–Crippen MR) is 61.4 cm³/mol. The maximum atomic E-state index is 13.0. The summed E-state index contributed by atoms with van der Waals surface area (Å²) in [5.41, 5.74) is 0.125. The quantitative estimate of drug-likeness (QED) is 0.626. The van der Waals surface area contributed by atoms with Crippen molar-refractivity contribution in [2.45, 2.75) is 18.7 Å². The fraction of sp³-hybridized carbons (Fsp3) is 0.333. The number of nitrogens with zero attached hydrogens (tertiary/aromatic N) is 1. The molecule has 0 fully saturated rings. The van der Waals surface area contributed by atoms with Crippen LogP contribution in [0.15, 0.2) is 12.1 Å². The lowest BCUT2D eigenvalue weighted by Gasteiger charge is -2.13. The number of rotatable bonds is 4. The number of hydrogen-bond acceptors (Lipinski definition) is 3. The summed E-state index contributed by atoms with van der Waals surface area (Å²) < 4.78 is 30.4. The van der Waals surface area contributed by atoms with Crippen LogP contribution in [0, 0.1) is 11.3 Å². The standard InChI is InChI=1S/C12H10ClF2NO2/c1-18-10(17)4-8-2-7(6-16)3-9(5-13)11(8)12(14)15/h2-3,12H,4-5H2,1H3. The second-order valence-electron chi connectivity index (χ2n) is 3.51. The van der Waals surface area contributed by atoms with Crippen LogP contribution in [0.2, 0.25) is 0 Å². The van der Waals surface area contributed by atoms with E-state index in [2.05, 4.69) is 4.74 Å². The largest absolute Gasteiger partial charge is 0.469 e. The lowest BCUT2D eigenvalue weighted by atomic mass is 9.97. The van der Waals surface area contributed by atoms with Crippen LogP contribution in [-0.4, -0.2) is 13.1 Å². The van der Waals surface area contributed by atoms with Crippen molar-refractivity contribution in [1.82, 2.24) is 0 Å². The SMILES string of the molecule is COC(=O)Cc1cc(C#N)cc(CCl)c1C(F)F. The monoisotopic (exact) mass is 273 g/mol. The molecule has 0 aliphatic rings. The van der Waals surface area contributed by atoms with Gasteiger partial charge < -0.3 is 4.74 Å². The smallest absolute Gasteiger partial charge is 0.309 e. The molecule has 0 aliphatic heterocycles. The molecule has 1 aromatic rings. The van der Waals surface area contributed by atoms with Crippen molar-refractivity contribution in [2.75, 3.05) is 7.11 Å². The van der Waals surface area contributed by atoms with Gasteiger partial charge in [-0.25, -0.2) is 8.78 Å². The van der Waals surface area contributed by atoms with Crippen LogP contribution in [-0.2, 0) is 21.8 Å². The van der Waals surface area contributed by atoms with Crippen molar-refractivity contribution in [1.29, 1.82) is 5.26 Å². The topological polar surface area (TPSA) is 50.1 Å². The van der Waals surface area contributed by atoms with Gasteiger partial charge in [0, 0.05) is 11.4 Å². The van der Waals surface area contributed by atoms with Crippen molar-refractivity contribution in [2.24, 2.45) is 0 Å². The summed E-state index contributed by atoms with van der Waals surface area (Å²) in [6, 6.07) is 4.40. The van der Waals surface area contributed by atoms with Crippen LogP contribution < -0.4 is 0 Å². The number of carbonyl (C=O) groups is 1. The zero-order valence-corrected chi connectivity index (χ0v) is 10.3. The number of carbonyl (C=O) groups excluding carboxylic acids is 1. The molecule has 0 aromatic heterocycles. The molecule has 18 heavy (non-hydrogen) atoms. The lowest BCUT2D eigenvalue weighted by Crippen LogP contribution is -2.09. The third-order valence-electron chi connectivity index (χ3n) is 2.41. The maximum absolute atomic E-state index is 13.0. The highest BCUT2D eigenvalue weighted by molar-refractivity contribution is 6.17. The molecule has 1 aromatic carbocycles. The Labute approximate surface area is 108 Å². The van der Waals surface area contributed by atoms with E-state index in [1.807, 2.05) is 6.07 Å². The summed E-state index contributed by atoms with van der Waals surface area (Å²) in [5, 5.41) is 8.81. The van der Waals surface area contributed by atoms with Crippen LogP contribution in [0.3, 0.4) is 0 Å². The number of methoxy groups -OCH3 is 1. The van der Waals surface area contributed by atoms with Gasteiger partial charge in [-0.3, -0.25) is 4.79 Å². The molecular formula is C12H10ClF2NO2. The van der Waals surface area contributed by atoms with Gasteiger partial charge in [-0.05, 0) is 23.3 Å². The van der Waals surface area contributed by atoms with E-state index in [1.54, 1.807) is 0 Å². The second kappa shape index (κ2) is 6.31. The van der Waals surface area contributed by atoms with Crippen LogP contribution in [0.25, 0.3) is 0 Å². The van der Waals surface area contributed by atoms with E-state index < -0.39 is 12.4 Å². The highest BCUT2D eigenvalue weighted by Gasteiger charge is 2.20. The van der Waals surface area contributed by atoms with E-state index in [-0.39, 0.29) is 34.6 Å². The fourth-order valence-corrected chi connectivity index (χ4v) is 1.83. The summed E-state index contributed by atoms with van der Waals surface area (Å²) in [6.07, 6.45) is -3.07. The van der Waals surface area contributed by atoms with Crippen molar-refractivity contribution in [3.8, 4) is 6.07 Å². The Bertz CT molecular complexity index is 498. The Hall–Kier alpha value is -1.67. The summed E-state index contributed by atoms with van der Waals surface area (Å²) in [4.78, 5) is 11.2. The van der Waals surface area contributed by atoms with Gasteiger partial charge in [0.2, 0.25) is 0 Å². The van der Waals surface area contributed by atoms with Crippen molar-refractivity contribution < 1.29 is 18.3 Å². The minimum absolute atomic E-state index is 0.0755. The normalized spacial score (nSPS) is 10.2. The number of hydrogen-bond donors (Lipinski definition) is 0. The maximum Gasteiger partial charge on any atom is 0.309 e. The number of nitriles is 1. The average Bonchev–Trinajstić information content (AvgIpc) is 2.36. The number of benzene rings is 1. The Kier molecular flexibility index (Phi) is 5.05. The molecule has 0 bridgehead atoms. The molecule has 0 atom stereocenters. The first-order chi connectivity index (χ1) is 8.53. The van der Waals surface area contributed by atoms with Gasteiger partial charge in [-0.15, -0.1) is 11.6 Å². The van der Waals surface area contributed by atoms with E-state index >= 15 is 0 Å². The molecule has 0 saturated heterocycles. The number of esters is 1. The van der Waals surface area contributed by atoms with Gasteiger partial charge in [0.15, 0.2) is 0 Å². The molecule has 3 nitrogen and oxygen atoms in total. The van der Waals surface area contributed by atoms with Gasteiger partial charge in [0.1, 0.15) is 0 Å². The lowest BCUT2D eigenvalue weighted by molar-refractivity contribution is -0.139. The fourth-order valence-electron chi connectivity index (χ4n) is 1.61. The predicted octanol–water partition coefficient (Wildman–Crippen LogP) is 2.95. The van der Waals surface area contributed by atoms with E-state index in [4.69, 9.17) is 16.9 Å².